The third-order valence-electron chi connectivity index (χ3n) is 0. The van der Waals surface area contributed by atoms with Gasteiger partial charge >= 0.3 is 36.6 Å². The van der Waals surface area contributed by atoms with Crippen molar-refractivity contribution in [3.63, 3.8) is 0 Å². The van der Waals surface area contributed by atoms with Crippen LogP contribution in [0, 0.1) is 0 Å². The first-order chi connectivity index (χ1) is 0. The van der Waals surface area contributed by atoms with E-state index in [0.717, 1.165) is 0 Å². The Hall–Kier alpha value is 3.67. The van der Waals surface area contributed by atoms with Gasteiger partial charge in [0, 0.05) is 126 Å². The third kappa shape index (κ3) is 8720. The second kappa shape index (κ2) is 9270. The molecular formula is H44CoGaMo6O40-30. The number of hydrogen-bond donors (Lipinski definition) is 0. The van der Waals surface area contributed by atoms with Gasteiger partial charge in [0.25, 0.3) is 0 Å². The minimum absolute atomic E-state index is 0. The van der Waals surface area contributed by atoms with Crippen molar-refractivity contribution in [3.05, 3.63) is 0 Å². The fourth-order valence-electron chi connectivity index (χ4n) is 0. The summed E-state index contributed by atoms with van der Waals surface area (Å²) >= 11 is 0. The maximum Gasteiger partial charge on any atom is 3.00 e. The summed E-state index contributed by atoms with van der Waals surface area (Å²) in [5, 5.41) is 0. The average molecular weight is 1390 g/mol. The molecule has 48 heteroatoms. The molecule has 0 aliphatic carbocycles. The van der Waals surface area contributed by atoms with Crippen LogP contribution in [0.25, 0.3) is 0 Å². The van der Waals surface area contributed by atoms with Crippen LogP contribution >= 0.6 is 0 Å². The Labute approximate surface area is 378 Å². The predicted octanol–water partition coefficient (Wildman–Crippen LogP) is -17.4. The molecule has 362 valence electrons. The SMILES string of the molecule is O.O.O.O.O.O.O.O.O.O.[Co+3].[Ga+3].[Mo].[Mo].[Mo].[Mo].[Mo].[Mo].[O-2].[O-2].[O-2].[O-2].[O-2].[O-2].[O-2].[O-2].[O-2].[O-2].[O-2].[O-2].[O-2].[O-2].[O-2].[O-2].[O-2].[O-2].[OH-].[OH-].[OH-].[OH-].[OH-].[OH-].[OH3+].[OH3+].[OH3+].[OH3+].[OH3+].[OH3+]. The van der Waals surface area contributed by atoms with Crippen LogP contribution in [-0.4, -0.2) is 107 Å². The number of rotatable bonds is 0. The van der Waals surface area contributed by atoms with Crippen molar-refractivity contribution >= 4 is 19.8 Å². The molecule has 0 heterocycles. The minimum Gasteiger partial charge on any atom is -2.00 e. The van der Waals surface area contributed by atoms with Gasteiger partial charge in [0.15, 0.2) is 0 Å². The van der Waals surface area contributed by atoms with E-state index in [0.29, 0.717) is 0 Å². The van der Waals surface area contributed by atoms with Crippen LogP contribution < -0.4 is 0 Å². The van der Waals surface area contributed by atoms with E-state index in [1.807, 2.05) is 0 Å². The van der Waals surface area contributed by atoms with E-state index in [2.05, 4.69) is 0 Å². The van der Waals surface area contributed by atoms with E-state index in [9.17, 15) is 0 Å². The van der Waals surface area contributed by atoms with Gasteiger partial charge in [-0.3, -0.25) is 0 Å². The third-order valence-corrected chi connectivity index (χ3v) is 0. The van der Waals surface area contributed by atoms with Crippen molar-refractivity contribution in [1.82, 2.24) is 0 Å². The topological polar surface area (TPSA) is 1210 Å². The Morgan fingerprint density at radius 3 is 0.146 bits per heavy atom. The molecule has 0 aliphatic rings. The molecular weight excluding hydrogens is 1340 g/mol. The monoisotopic (exact) mass is 1400 g/mol. The molecule has 0 rings (SSSR count). The molecule has 0 aromatic heterocycles. The van der Waals surface area contributed by atoms with Crippen molar-refractivity contribution in [3.8, 4) is 0 Å². The summed E-state index contributed by atoms with van der Waals surface area (Å²) in [6.07, 6.45) is 0. The average Bonchev–Trinajstić information content (AvgIpc) is 0. The van der Waals surface area contributed by atoms with Crippen molar-refractivity contribution in [2.24, 2.45) is 0 Å². The van der Waals surface area contributed by atoms with E-state index < -0.39 is 0 Å². The molecule has 0 unspecified atom stereocenters. The molecule has 44 N–H and O–H groups in total. The van der Waals surface area contributed by atoms with Crippen molar-refractivity contribution in [1.29, 1.82) is 0 Å². The Kier molecular flexibility index (Phi) is 1900000. The van der Waals surface area contributed by atoms with Gasteiger partial charge in [0.1, 0.15) is 0 Å². The Balaban J connectivity index is 0. The van der Waals surface area contributed by atoms with E-state index in [4.69, 9.17) is 0 Å². The van der Waals surface area contributed by atoms with E-state index >= 15 is 0 Å². The summed E-state index contributed by atoms with van der Waals surface area (Å²) in [5.41, 5.74) is 0. The zero-order valence-electron chi connectivity index (χ0n) is 21.9. The van der Waals surface area contributed by atoms with Gasteiger partial charge in [-0.05, 0) is 0 Å². The molecule has 0 aromatic rings. The van der Waals surface area contributed by atoms with Gasteiger partial charge in [-0.25, -0.2) is 0 Å². The van der Waals surface area contributed by atoms with Crippen molar-refractivity contribution in [2.75, 3.05) is 0 Å². The van der Waals surface area contributed by atoms with E-state index in [1.54, 1.807) is 0 Å². The zero-order chi connectivity index (χ0) is 0. The minimum atomic E-state index is 0. The van der Waals surface area contributed by atoms with Crippen molar-refractivity contribution < 1.29 is 362 Å². The summed E-state index contributed by atoms with van der Waals surface area (Å²) < 4.78 is 0. The van der Waals surface area contributed by atoms with Gasteiger partial charge in [0.05, 0.1) is 0 Å². The first kappa shape index (κ1) is 9840. The summed E-state index contributed by atoms with van der Waals surface area (Å²) in [7, 11) is 0. The summed E-state index contributed by atoms with van der Waals surface area (Å²) in [6.45, 7) is 0. The zero-order valence-corrected chi connectivity index (χ0v) is 37.4. The second-order valence-corrected chi connectivity index (χ2v) is 0. The normalized spacial score (nSPS) is 0. The van der Waals surface area contributed by atoms with Gasteiger partial charge in [0.2, 0.25) is 0 Å². The fraction of sp³-hybridized carbons (Fsp3) is 0. The molecule has 0 amide bonds. The maximum absolute atomic E-state index is 0. The van der Waals surface area contributed by atoms with Gasteiger partial charge < -0.3 is 219 Å². The van der Waals surface area contributed by atoms with Crippen LogP contribution in [-0.2, 0) is 275 Å². The van der Waals surface area contributed by atoms with E-state index in [-0.39, 0.29) is 382 Å². The fourth-order valence-corrected chi connectivity index (χ4v) is 0. The molecule has 48 heavy (non-hydrogen) atoms. The van der Waals surface area contributed by atoms with Crippen LogP contribution in [0.15, 0.2) is 0 Å². The summed E-state index contributed by atoms with van der Waals surface area (Å²) in [6, 6.07) is 0. The molecule has 0 aromatic carbocycles. The van der Waals surface area contributed by atoms with Gasteiger partial charge in [-0.2, -0.15) is 0 Å². The molecule has 0 radical (unpaired) electrons. The standard InChI is InChI=1S/Co.Ga.6Mo.22H2O.18O/h;;;;;;;;22*1H2;;;;;;;;;;;;;;;;;;/q2*+3;;;;;;;;;;;;;;;;;;;;;;;;;;;;;18*-2. The quantitative estimate of drug-likeness (QED) is 0.167. The van der Waals surface area contributed by atoms with Crippen molar-refractivity contribution in [2.45, 2.75) is 0 Å². The summed E-state index contributed by atoms with van der Waals surface area (Å²) in [5.74, 6) is 0. The Bertz CT molecular complexity index is 39.7. The molecule has 40 nitrogen and oxygen atoms in total. The maximum atomic E-state index is 0. The molecule has 0 atom stereocenters. The largest absolute Gasteiger partial charge is 3.00 e. The van der Waals surface area contributed by atoms with Gasteiger partial charge in [-0.1, -0.05) is 0 Å². The predicted molar refractivity (Wildman–Crippen MR) is 95.1 cm³/mol. The molecule has 0 aliphatic heterocycles. The second-order valence-electron chi connectivity index (χ2n) is 0. The number of hydrogen-bond acceptors (Lipinski definition) is 6. The Morgan fingerprint density at radius 1 is 0.146 bits per heavy atom. The molecule has 0 saturated heterocycles. The molecule has 0 bridgehead atoms. The summed E-state index contributed by atoms with van der Waals surface area (Å²) in [4.78, 5) is 0. The van der Waals surface area contributed by atoms with Crippen LogP contribution in [0.2, 0.25) is 0 Å². The first-order valence-electron chi connectivity index (χ1n) is 0. The van der Waals surface area contributed by atoms with Crippen LogP contribution in [0.1, 0.15) is 0 Å². The molecule has 0 saturated carbocycles. The first-order valence-corrected chi connectivity index (χ1v) is 0. The van der Waals surface area contributed by atoms with Gasteiger partial charge in [-0.15, -0.1) is 0 Å². The Morgan fingerprint density at radius 2 is 0.146 bits per heavy atom. The van der Waals surface area contributed by atoms with E-state index in [1.165, 1.54) is 0 Å². The molecule has 0 fully saturated rings. The van der Waals surface area contributed by atoms with Crippen LogP contribution in [0.3, 0.4) is 0 Å². The smallest absolute Gasteiger partial charge is 2.00 e. The molecule has 0 spiro atoms. The van der Waals surface area contributed by atoms with Crippen LogP contribution in [0.4, 0.5) is 0 Å². The van der Waals surface area contributed by atoms with Crippen LogP contribution in [0.5, 0.6) is 0 Å².